The second kappa shape index (κ2) is 8.64. The Hall–Kier alpha value is -2.89. The van der Waals surface area contributed by atoms with Gasteiger partial charge >= 0.3 is 0 Å². The van der Waals surface area contributed by atoms with E-state index in [4.69, 9.17) is 0 Å². The first kappa shape index (κ1) is 19.4. The quantitative estimate of drug-likeness (QED) is 0.654. The van der Waals surface area contributed by atoms with Crippen molar-refractivity contribution in [3.05, 3.63) is 54.2 Å². The molecule has 1 aromatic carbocycles. The van der Waals surface area contributed by atoms with Gasteiger partial charge in [0, 0.05) is 61.8 Å². The minimum atomic E-state index is 0.107. The molecule has 4 rings (SSSR count). The third kappa shape index (κ3) is 4.42. The van der Waals surface area contributed by atoms with Gasteiger partial charge in [-0.15, -0.1) is 0 Å². The van der Waals surface area contributed by atoms with Crippen molar-refractivity contribution in [2.75, 3.05) is 24.5 Å². The fraction of sp³-hybridized carbons (Fsp3) is 0.435. The number of benzene rings is 1. The molecule has 0 unspecified atom stereocenters. The van der Waals surface area contributed by atoms with Crippen LogP contribution in [-0.2, 0) is 11.3 Å². The number of pyridine rings is 1. The SMILES string of the molecule is Cc1ccc2nccc(N3CCC(C(=O)NCCCn4ccnc4C)CC3)c2c1. The van der Waals surface area contributed by atoms with Crippen molar-refractivity contribution in [3.63, 3.8) is 0 Å². The topological polar surface area (TPSA) is 63.1 Å². The fourth-order valence-electron chi connectivity index (χ4n) is 4.15. The van der Waals surface area contributed by atoms with Crippen molar-refractivity contribution >= 4 is 22.5 Å². The number of piperidine rings is 1. The molecular formula is C23H29N5O. The summed E-state index contributed by atoms with van der Waals surface area (Å²) in [6.07, 6.45) is 8.38. The Balaban J connectivity index is 1.29. The average molecular weight is 392 g/mol. The fourth-order valence-corrected chi connectivity index (χ4v) is 4.15. The highest BCUT2D eigenvalue weighted by molar-refractivity contribution is 5.92. The third-order valence-electron chi connectivity index (χ3n) is 5.88. The number of fused-ring (bicyclic) bond motifs is 1. The molecule has 1 aliphatic rings. The lowest BCUT2D eigenvalue weighted by atomic mass is 9.95. The summed E-state index contributed by atoms with van der Waals surface area (Å²) >= 11 is 0. The van der Waals surface area contributed by atoms with Crippen LogP contribution >= 0.6 is 0 Å². The molecule has 6 heteroatoms. The van der Waals surface area contributed by atoms with Crippen LogP contribution in [0.2, 0.25) is 0 Å². The summed E-state index contributed by atoms with van der Waals surface area (Å²) in [5, 5.41) is 4.32. The molecule has 0 bridgehead atoms. The monoisotopic (exact) mass is 391 g/mol. The van der Waals surface area contributed by atoms with Gasteiger partial charge in [0.05, 0.1) is 5.52 Å². The van der Waals surface area contributed by atoms with Crippen LogP contribution in [-0.4, -0.2) is 40.1 Å². The van der Waals surface area contributed by atoms with Gasteiger partial charge in [0.25, 0.3) is 0 Å². The molecule has 152 valence electrons. The average Bonchev–Trinajstić information content (AvgIpc) is 3.15. The van der Waals surface area contributed by atoms with E-state index in [0.717, 1.165) is 50.2 Å². The molecule has 6 nitrogen and oxygen atoms in total. The first-order valence-corrected chi connectivity index (χ1v) is 10.5. The van der Waals surface area contributed by atoms with Crippen molar-refractivity contribution in [2.45, 2.75) is 39.7 Å². The number of hydrogen-bond acceptors (Lipinski definition) is 4. The number of aryl methyl sites for hydroxylation is 3. The highest BCUT2D eigenvalue weighted by Crippen LogP contribution is 2.30. The molecule has 0 radical (unpaired) electrons. The summed E-state index contributed by atoms with van der Waals surface area (Å²) in [6.45, 7) is 7.52. The minimum absolute atomic E-state index is 0.107. The molecule has 1 N–H and O–H groups in total. The van der Waals surface area contributed by atoms with E-state index >= 15 is 0 Å². The Kier molecular flexibility index (Phi) is 5.79. The second-order valence-corrected chi connectivity index (χ2v) is 7.92. The van der Waals surface area contributed by atoms with Gasteiger partial charge in [-0.25, -0.2) is 4.98 Å². The van der Waals surface area contributed by atoms with Crippen LogP contribution in [0, 0.1) is 19.8 Å². The number of amides is 1. The molecule has 0 saturated carbocycles. The lowest BCUT2D eigenvalue weighted by Crippen LogP contribution is -2.41. The maximum absolute atomic E-state index is 12.6. The third-order valence-corrected chi connectivity index (χ3v) is 5.88. The normalized spacial score (nSPS) is 15.0. The molecule has 0 spiro atoms. The van der Waals surface area contributed by atoms with Crippen molar-refractivity contribution in [1.82, 2.24) is 19.9 Å². The van der Waals surface area contributed by atoms with Crippen molar-refractivity contribution in [1.29, 1.82) is 0 Å². The Labute approximate surface area is 172 Å². The standard InChI is InChI=1S/C23H29N5O/c1-17-4-5-21-20(16-17)22(6-10-25-21)28-13-7-19(8-14-28)23(29)26-9-3-12-27-15-11-24-18(27)2/h4-6,10-11,15-16,19H,3,7-9,12-14H2,1-2H3,(H,26,29). The molecule has 3 heterocycles. The number of imidazole rings is 1. The Bertz CT molecular complexity index is 988. The van der Waals surface area contributed by atoms with E-state index in [1.165, 1.54) is 16.6 Å². The van der Waals surface area contributed by atoms with Gasteiger partial charge in [-0.3, -0.25) is 9.78 Å². The van der Waals surface area contributed by atoms with Gasteiger partial charge in [0.15, 0.2) is 0 Å². The van der Waals surface area contributed by atoms with E-state index in [0.29, 0.717) is 6.54 Å². The molecule has 3 aromatic rings. The van der Waals surface area contributed by atoms with Crippen LogP contribution in [0.25, 0.3) is 10.9 Å². The van der Waals surface area contributed by atoms with Crippen LogP contribution < -0.4 is 10.2 Å². The number of hydrogen-bond donors (Lipinski definition) is 1. The van der Waals surface area contributed by atoms with Crippen molar-refractivity contribution in [3.8, 4) is 0 Å². The van der Waals surface area contributed by atoms with Gasteiger partial charge in [-0.2, -0.15) is 0 Å². The smallest absolute Gasteiger partial charge is 0.223 e. The summed E-state index contributed by atoms with van der Waals surface area (Å²) in [6, 6.07) is 8.49. The number of carbonyl (C=O) groups is 1. The maximum atomic E-state index is 12.6. The number of nitrogens with one attached hydrogen (secondary N) is 1. The molecule has 29 heavy (non-hydrogen) atoms. The zero-order chi connectivity index (χ0) is 20.2. The molecule has 0 atom stereocenters. The van der Waals surface area contributed by atoms with E-state index in [1.807, 2.05) is 25.5 Å². The Morgan fingerprint density at radius 2 is 1.97 bits per heavy atom. The highest BCUT2D eigenvalue weighted by atomic mass is 16.1. The van der Waals surface area contributed by atoms with Gasteiger partial charge < -0.3 is 14.8 Å². The van der Waals surface area contributed by atoms with Gasteiger partial charge in [-0.05, 0) is 51.3 Å². The predicted octanol–water partition coefficient (Wildman–Crippen LogP) is 3.47. The summed E-state index contributed by atoms with van der Waals surface area (Å²) in [5.41, 5.74) is 3.50. The predicted molar refractivity (Wildman–Crippen MR) is 116 cm³/mol. The molecule has 0 aliphatic carbocycles. The first-order chi connectivity index (χ1) is 14.1. The van der Waals surface area contributed by atoms with Crippen LogP contribution in [0.1, 0.15) is 30.7 Å². The van der Waals surface area contributed by atoms with Crippen LogP contribution in [0.15, 0.2) is 42.9 Å². The zero-order valence-corrected chi connectivity index (χ0v) is 17.3. The van der Waals surface area contributed by atoms with Crippen LogP contribution in [0.3, 0.4) is 0 Å². The van der Waals surface area contributed by atoms with Crippen molar-refractivity contribution in [2.24, 2.45) is 5.92 Å². The van der Waals surface area contributed by atoms with Crippen LogP contribution in [0.5, 0.6) is 0 Å². The van der Waals surface area contributed by atoms with E-state index in [-0.39, 0.29) is 11.8 Å². The van der Waals surface area contributed by atoms with Gasteiger partial charge in [0.1, 0.15) is 5.82 Å². The minimum Gasteiger partial charge on any atom is -0.371 e. The number of anilines is 1. The zero-order valence-electron chi connectivity index (χ0n) is 17.3. The highest BCUT2D eigenvalue weighted by Gasteiger charge is 2.25. The molecule has 1 amide bonds. The van der Waals surface area contributed by atoms with Crippen LogP contribution in [0.4, 0.5) is 5.69 Å². The molecule has 1 saturated heterocycles. The lowest BCUT2D eigenvalue weighted by Gasteiger charge is -2.33. The van der Waals surface area contributed by atoms with Gasteiger partial charge in [-0.1, -0.05) is 11.6 Å². The lowest BCUT2D eigenvalue weighted by molar-refractivity contribution is -0.125. The molecule has 1 fully saturated rings. The summed E-state index contributed by atoms with van der Waals surface area (Å²) in [4.78, 5) is 23.7. The molecular weight excluding hydrogens is 362 g/mol. The van der Waals surface area contributed by atoms with E-state index in [2.05, 4.69) is 55.9 Å². The second-order valence-electron chi connectivity index (χ2n) is 7.92. The Morgan fingerprint density at radius 1 is 1.14 bits per heavy atom. The van der Waals surface area contributed by atoms with E-state index < -0.39 is 0 Å². The van der Waals surface area contributed by atoms with Crippen molar-refractivity contribution < 1.29 is 4.79 Å². The number of nitrogens with zero attached hydrogens (tertiary/aromatic N) is 4. The summed E-state index contributed by atoms with van der Waals surface area (Å²) < 4.78 is 2.12. The largest absolute Gasteiger partial charge is 0.371 e. The summed E-state index contributed by atoms with van der Waals surface area (Å²) in [7, 11) is 0. The molecule has 1 aliphatic heterocycles. The van der Waals surface area contributed by atoms with E-state index in [1.54, 1.807) is 0 Å². The van der Waals surface area contributed by atoms with Gasteiger partial charge in [0.2, 0.25) is 5.91 Å². The number of aromatic nitrogens is 3. The Morgan fingerprint density at radius 3 is 2.72 bits per heavy atom. The first-order valence-electron chi connectivity index (χ1n) is 10.5. The number of carbonyl (C=O) groups excluding carboxylic acids is 1. The maximum Gasteiger partial charge on any atom is 0.223 e. The summed E-state index contributed by atoms with van der Waals surface area (Å²) in [5.74, 6) is 1.32. The van der Waals surface area contributed by atoms with E-state index in [9.17, 15) is 4.79 Å². The number of rotatable bonds is 6. The molecule has 2 aromatic heterocycles.